The van der Waals surface area contributed by atoms with Crippen molar-refractivity contribution >= 4 is 40.0 Å². The first-order chi connectivity index (χ1) is 18.4. The van der Waals surface area contributed by atoms with Crippen LogP contribution in [-0.2, 0) is 9.53 Å². The number of rotatable bonds is 9. The predicted octanol–water partition coefficient (Wildman–Crippen LogP) is 4.25. The number of carbonyl (C=O) groups excluding carboxylic acids is 1. The maximum Gasteiger partial charge on any atom is 0.242 e. The molecule has 4 heterocycles. The van der Waals surface area contributed by atoms with Crippen LogP contribution in [0.25, 0.3) is 22.6 Å². The van der Waals surface area contributed by atoms with Crippen LogP contribution < -0.4 is 10.2 Å². The molecule has 0 aliphatic carbocycles. The molecule has 2 aliphatic heterocycles. The Morgan fingerprint density at radius 3 is 2.61 bits per heavy atom. The van der Waals surface area contributed by atoms with Gasteiger partial charge in [-0.15, -0.1) is 0 Å². The molecule has 0 unspecified atom stereocenters. The first-order valence-corrected chi connectivity index (χ1v) is 14.1. The summed E-state index contributed by atoms with van der Waals surface area (Å²) < 4.78 is 5.61. The molecule has 2 aliphatic rings. The van der Waals surface area contributed by atoms with E-state index in [0.717, 1.165) is 67.3 Å². The number of hydrogen-bond acceptors (Lipinski definition) is 7. The number of piperazine rings is 1. The molecule has 2 aromatic heterocycles. The summed E-state index contributed by atoms with van der Waals surface area (Å²) >= 11 is 6.57. The Balaban J connectivity index is 1.26. The number of ether oxygens (including phenoxy) is 1. The Bertz CT molecular complexity index is 1240. The summed E-state index contributed by atoms with van der Waals surface area (Å²) in [5.41, 5.74) is 4.31. The monoisotopic (exact) mass is 539 g/mol. The Hall–Kier alpha value is -2.88. The zero-order chi connectivity index (χ0) is 26.6. The van der Waals surface area contributed by atoms with Crippen molar-refractivity contribution < 1.29 is 9.53 Å². The van der Waals surface area contributed by atoms with Crippen molar-refractivity contribution in [2.45, 2.75) is 45.8 Å². The van der Waals surface area contributed by atoms with Crippen molar-refractivity contribution in [1.82, 2.24) is 24.8 Å². The second kappa shape index (κ2) is 11.9. The minimum atomic E-state index is 0.133. The lowest BCUT2D eigenvalue weighted by atomic mass is 10.0. The van der Waals surface area contributed by atoms with E-state index in [1.165, 1.54) is 0 Å². The second-order valence-electron chi connectivity index (χ2n) is 10.4. The molecule has 10 heteroatoms. The average molecular weight is 540 g/mol. The quantitative estimate of drug-likeness (QED) is 0.420. The molecule has 1 amide bonds. The summed E-state index contributed by atoms with van der Waals surface area (Å²) in [5.74, 6) is 0.879. The highest BCUT2D eigenvalue weighted by Crippen LogP contribution is 2.32. The molecule has 0 spiro atoms. The standard InChI is InChI=1S/C28H38ClN7O2/c1-4-34-11-9-21(10-12-34)31-25-23(29)17-30-28-26(25)32-27(33-28)20-5-7-22(8-6-20)36-14-13-35(24(37)18-36)15-16-38-19(2)3/h5-8,17,19,21H,4,9-16,18H2,1-3H3,(H2,30,31,32,33). The second-order valence-corrected chi connectivity index (χ2v) is 10.8. The van der Waals surface area contributed by atoms with Gasteiger partial charge in [-0.1, -0.05) is 18.5 Å². The van der Waals surface area contributed by atoms with Gasteiger partial charge >= 0.3 is 0 Å². The molecule has 0 radical (unpaired) electrons. The number of imidazole rings is 1. The number of hydrogen-bond donors (Lipinski definition) is 2. The number of pyridine rings is 1. The average Bonchev–Trinajstić information content (AvgIpc) is 3.36. The number of nitrogens with one attached hydrogen (secondary N) is 2. The maximum absolute atomic E-state index is 12.7. The summed E-state index contributed by atoms with van der Waals surface area (Å²) in [6, 6.07) is 8.54. The number of nitrogens with zero attached hydrogens (tertiary/aromatic N) is 5. The smallest absolute Gasteiger partial charge is 0.242 e. The molecular formula is C28H38ClN7O2. The van der Waals surface area contributed by atoms with Crippen molar-refractivity contribution in [3.63, 3.8) is 0 Å². The lowest BCUT2D eigenvalue weighted by molar-refractivity contribution is -0.132. The van der Waals surface area contributed by atoms with Crippen LogP contribution in [0.4, 0.5) is 11.4 Å². The topological polar surface area (TPSA) is 89.6 Å². The molecule has 204 valence electrons. The summed E-state index contributed by atoms with van der Waals surface area (Å²) in [4.78, 5) is 31.9. The van der Waals surface area contributed by atoms with E-state index in [2.05, 4.69) is 44.1 Å². The van der Waals surface area contributed by atoms with Crippen molar-refractivity contribution in [2.24, 2.45) is 0 Å². The summed E-state index contributed by atoms with van der Waals surface area (Å²) in [5, 5.41) is 4.23. The molecule has 3 aromatic rings. The third-order valence-corrected chi connectivity index (χ3v) is 7.77. The van der Waals surface area contributed by atoms with Crippen LogP contribution in [0.5, 0.6) is 0 Å². The SMILES string of the molecule is CCN1CCC(Nc2c(Cl)cnc3[nH]c(-c4ccc(N5CCN(CCOC(C)C)C(=O)C5)cc4)nc23)CC1. The number of halogens is 1. The summed E-state index contributed by atoms with van der Waals surface area (Å²) in [6.45, 7) is 12.6. The molecule has 2 fully saturated rings. The Kier molecular flexibility index (Phi) is 8.35. The molecule has 0 bridgehead atoms. The van der Waals surface area contributed by atoms with Gasteiger partial charge in [-0.3, -0.25) is 4.79 Å². The Labute approximate surface area is 229 Å². The van der Waals surface area contributed by atoms with Crippen molar-refractivity contribution in [1.29, 1.82) is 0 Å². The number of likely N-dealkylation sites (tertiary alicyclic amines) is 1. The predicted molar refractivity (Wildman–Crippen MR) is 153 cm³/mol. The van der Waals surface area contributed by atoms with Crippen LogP contribution in [-0.4, -0.2) is 95.2 Å². The Morgan fingerprint density at radius 2 is 1.92 bits per heavy atom. The van der Waals surface area contributed by atoms with Crippen LogP contribution in [0.15, 0.2) is 30.5 Å². The lowest BCUT2D eigenvalue weighted by Crippen LogP contribution is -2.51. The number of aromatic nitrogens is 3. The van der Waals surface area contributed by atoms with E-state index in [0.29, 0.717) is 43.0 Å². The third kappa shape index (κ3) is 6.06. The number of anilines is 2. The van der Waals surface area contributed by atoms with Gasteiger partial charge in [-0.05, 0) is 57.5 Å². The highest BCUT2D eigenvalue weighted by Gasteiger charge is 2.24. The first kappa shape index (κ1) is 26.7. The zero-order valence-electron chi connectivity index (χ0n) is 22.5. The fraction of sp³-hybridized carbons (Fsp3) is 0.536. The van der Waals surface area contributed by atoms with Crippen LogP contribution in [0.1, 0.15) is 33.6 Å². The van der Waals surface area contributed by atoms with Gasteiger partial charge in [0.15, 0.2) is 5.65 Å². The van der Waals surface area contributed by atoms with E-state index in [4.69, 9.17) is 21.3 Å². The first-order valence-electron chi connectivity index (χ1n) is 13.7. The van der Waals surface area contributed by atoms with E-state index in [9.17, 15) is 4.79 Å². The van der Waals surface area contributed by atoms with E-state index in [1.807, 2.05) is 30.9 Å². The van der Waals surface area contributed by atoms with E-state index < -0.39 is 0 Å². The fourth-order valence-corrected chi connectivity index (χ4v) is 5.39. The van der Waals surface area contributed by atoms with E-state index in [-0.39, 0.29) is 12.0 Å². The van der Waals surface area contributed by atoms with Gasteiger partial charge in [0.05, 0.1) is 36.2 Å². The highest BCUT2D eigenvalue weighted by atomic mass is 35.5. The lowest BCUT2D eigenvalue weighted by Gasteiger charge is -2.35. The number of benzene rings is 1. The van der Waals surface area contributed by atoms with Gasteiger partial charge in [0.2, 0.25) is 5.91 Å². The number of piperidine rings is 1. The van der Waals surface area contributed by atoms with Crippen LogP contribution >= 0.6 is 11.6 Å². The van der Waals surface area contributed by atoms with E-state index >= 15 is 0 Å². The largest absolute Gasteiger partial charge is 0.379 e. The van der Waals surface area contributed by atoms with E-state index in [1.54, 1.807) is 6.20 Å². The van der Waals surface area contributed by atoms with Crippen LogP contribution in [0.2, 0.25) is 5.02 Å². The molecule has 9 nitrogen and oxygen atoms in total. The van der Waals surface area contributed by atoms with Gasteiger partial charge in [0, 0.05) is 50.0 Å². The molecular weight excluding hydrogens is 502 g/mol. The molecule has 1 aromatic carbocycles. The number of fused-ring (bicyclic) bond motifs is 1. The number of amides is 1. The number of carbonyl (C=O) groups is 1. The molecule has 2 saturated heterocycles. The summed E-state index contributed by atoms with van der Waals surface area (Å²) in [6.07, 6.45) is 4.02. The zero-order valence-corrected chi connectivity index (χ0v) is 23.3. The van der Waals surface area contributed by atoms with Gasteiger partial charge in [-0.25, -0.2) is 9.97 Å². The fourth-order valence-electron chi connectivity index (χ4n) is 5.20. The molecule has 2 N–H and O–H groups in total. The van der Waals surface area contributed by atoms with Crippen molar-refractivity contribution in [2.75, 3.05) is 62.6 Å². The maximum atomic E-state index is 12.7. The number of H-pyrrole nitrogens is 1. The Morgan fingerprint density at radius 1 is 1.16 bits per heavy atom. The van der Waals surface area contributed by atoms with Gasteiger partial charge < -0.3 is 29.7 Å². The summed E-state index contributed by atoms with van der Waals surface area (Å²) in [7, 11) is 0. The van der Waals surface area contributed by atoms with Gasteiger partial charge in [0.25, 0.3) is 0 Å². The van der Waals surface area contributed by atoms with Crippen LogP contribution in [0, 0.1) is 0 Å². The normalized spacial score (nSPS) is 17.7. The number of aromatic amines is 1. The van der Waals surface area contributed by atoms with Gasteiger partial charge in [-0.2, -0.15) is 0 Å². The molecule has 0 saturated carbocycles. The van der Waals surface area contributed by atoms with Crippen molar-refractivity contribution in [3.8, 4) is 11.4 Å². The molecule has 0 atom stereocenters. The third-order valence-electron chi connectivity index (χ3n) is 7.49. The van der Waals surface area contributed by atoms with Gasteiger partial charge in [0.1, 0.15) is 11.3 Å². The van der Waals surface area contributed by atoms with Crippen LogP contribution in [0.3, 0.4) is 0 Å². The minimum Gasteiger partial charge on any atom is -0.379 e. The molecule has 38 heavy (non-hydrogen) atoms. The highest BCUT2D eigenvalue weighted by molar-refractivity contribution is 6.34. The minimum absolute atomic E-state index is 0.133. The van der Waals surface area contributed by atoms with Crippen molar-refractivity contribution in [3.05, 3.63) is 35.5 Å². The molecule has 5 rings (SSSR count).